The van der Waals surface area contributed by atoms with Crippen LogP contribution < -0.4 is 11.1 Å². The number of carbonyl (C=O) groups is 1. The Bertz CT molecular complexity index is 389. The van der Waals surface area contributed by atoms with Gasteiger partial charge in [-0.2, -0.15) is 13.2 Å². The predicted molar refractivity (Wildman–Crippen MR) is 58.6 cm³/mol. The minimum atomic E-state index is -4.32. The highest BCUT2D eigenvalue weighted by Crippen LogP contribution is 2.23. The van der Waals surface area contributed by atoms with Crippen molar-refractivity contribution in [1.29, 1.82) is 0 Å². The first-order chi connectivity index (χ1) is 7.78. The summed E-state index contributed by atoms with van der Waals surface area (Å²) >= 11 is 1.14. The molecule has 0 fully saturated rings. The molecule has 0 radical (unpaired) electrons. The molecule has 0 bridgehead atoms. The van der Waals surface area contributed by atoms with E-state index in [2.05, 4.69) is 10.3 Å². The molecule has 1 aromatic rings. The molecule has 1 unspecified atom stereocenters. The van der Waals surface area contributed by atoms with Gasteiger partial charge in [0, 0.05) is 17.8 Å². The summed E-state index contributed by atoms with van der Waals surface area (Å²) in [6.45, 7) is 1.73. The number of thiazole rings is 1. The monoisotopic (exact) mass is 267 g/mol. The number of nitrogens with two attached hydrogens (primary N) is 1. The summed E-state index contributed by atoms with van der Waals surface area (Å²) < 4.78 is 35.6. The van der Waals surface area contributed by atoms with Crippen molar-refractivity contribution in [3.8, 4) is 0 Å². The fraction of sp³-hybridized carbons (Fsp3) is 0.556. The standard InChI is InChI=1S/C9H12F3N3OS/c1-5(13)6-4-17-8(14-6)15-7(16)2-3-9(10,11)12/h4-5H,2-3,13H2,1H3,(H,14,15,16). The normalized spacial score (nSPS) is 13.5. The first-order valence-corrected chi connectivity index (χ1v) is 5.73. The summed E-state index contributed by atoms with van der Waals surface area (Å²) in [6.07, 6.45) is -6.06. The molecule has 4 nitrogen and oxygen atoms in total. The third-order valence-electron chi connectivity index (χ3n) is 1.87. The number of halogens is 3. The van der Waals surface area contributed by atoms with Gasteiger partial charge in [0.2, 0.25) is 5.91 Å². The second-order valence-corrected chi connectivity index (χ2v) is 4.39. The molecule has 0 aromatic carbocycles. The number of nitrogens with zero attached hydrogens (tertiary/aromatic N) is 1. The summed E-state index contributed by atoms with van der Waals surface area (Å²) in [5.74, 6) is -0.701. The predicted octanol–water partition coefficient (Wildman–Crippen LogP) is 2.44. The van der Waals surface area contributed by atoms with Gasteiger partial charge >= 0.3 is 6.18 Å². The van der Waals surface area contributed by atoms with Gasteiger partial charge in [-0.05, 0) is 6.92 Å². The lowest BCUT2D eigenvalue weighted by atomic mass is 10.3. The maximum Gasteiger partial charge on any atom is 0.389 e. The quantitative estimate of drug-likeness (QED) is 0.880. The fourth-order valence-corrected chi connectivity index (χ4v) is 1.82. The van der Waals surface area contributed by atoms with Gasteiger partial charge in [0.05, 0.1) is 12.1 Å². The van der Waals surface area contributed by atoms with Gasteiger partial charge in [-0.25, -0.2) is 4.98 Å². The van der Waals surface area contributed by atoms with Crippen molar-refractivity contribution in [3.05, 3.63) is 11.1 Å². The Kier molecular flexibility index (Phi) is 4.47. The number of hydrogen-bond acceptors (Lipinski definition) is 4. The van der Waals surface area contributed by atoms with Gasteiger partial charge < -0.3 is 11.1 Å². The van der Waals surface area contributed by atoms with Crippen LogP contribution in [0.2, 0.25) is 0 Å². The molecule has 1 heterocycles. The van der Waals surface area contributed by atoms with Crippen molar-refractivity contribution in [1.82, 2.24) is 4.98 Å². The van der Waals surface area contributed by atoms with E-state index >= 15 is 0 Å². The molecule has 17 heavy (non-hydrogen) atoms. The van der Waals surface area contributed by atoms with E-state index in [9.17, 15) is 18.0 Å². The number of amides is 1. The second-order valence-electron chi connectivity index (χ2n) is 3.53. The van der Waals surface area contributed by atoms with E-state index in [-0.39, 0.29) is 11.2 Å². The van der Waals surface area contributed by atoms with Crippen molar-refractivity contribution in [2.45, 2.75) is 32.0 Å². The van der Waals surface area contributed by atoms with Crippen molar-refractivity contribution < 1.29 is 18.0 Å². The third kappa shape index (κ3) is 5.14. The number of hydrogen-bond donors (Lipinski definition) is 2. The average molecular weight is 267 g/mol. The van der Waals surface area contributed by atoms with Crippen LogP contribution in [0.25, 0.3) is 0 Å². The van der Waals surface area contributed by atoms with E-state index in [1.807, 2.05) is 0 Å². The Morgan fingerprint density at radius 2 is 2.29 bits per heavy atom. The molecule has 0 aliphatic carbocycles. The molecule has 1 rings (SSSR count). The molecular weight excluding hydrogens is 255 g/mol. The zero-order chi connectivity index (χ0) is 13.1. The first-order valence-electron chi connectivity index (χ1n) is 4.85. The Morgan fingerprint density at radius 3 is 2.76 bits per heavy atom. The highest BCUT2D eigenvalue weighted by atomic mass is 32.1. The van der Waals surface area contributed by atoms with E-state index < -0.39 is 24.9 Å². The van der Waals surface area contributed by atoms with Crippen molar-refractivity contribution in [2.24, 2.45) is 5.73 Å². The molecule has 3 N–H and O–H groups in total. The minimum Gasteiger partial charge on any atom is -0.323 e. The molecular formula is C9H12F3N3OS. The lowest BCUT2D eigenvalue weighted by molar-refractivity contribution is -0.142. The van der Waals surface area contributed by atoms with Crippen LogP contribution in [-0.4, -0.2) is 17.1 Å². The van der Waals surface area contributed by atoms with Gasteiger partial charge in [-0.1, -0.05) is 0 Å². The van der Waals surface area contributed by atoms with Crippen LogP contribution in [0.4, 0.5) is 18.3 Å². The second kappa shape index (κ2) is 5.46. The molecule has 1 amide bonds. The number of alkyl halides is 3. The van der Waals surface area contributed by atoms with Gasteiger partial charge in [0.1, 0.15) is 0 Å². The fourth-order valence-electron chi connectivity index (χ4n) is 0.990. The third-order valence-corrected chi connectivity index (χ3v) is 2.65. The van der Waals surface area contributed by atoms with Crippen molar-refractivity contribution in [2.75, 3.05) is 5.32 Å². The van der Waals surface area contributed by atoms with E-state index in [4.69, 9.17) is 5.73 Å². The Morgan fingerprint density at radius 1 is 1.65 bits per heavy atom. The number of nitrogens with one attached hydrogen (secondary N) is 1. The Balaban J connectivity index is 2.45. The molecule has 1 atom stereocenters. The van der Waals surface area contributed by atoms with Crippen LogP contribution in [0.1, 0.15) is 31.5 Å². The number of carbonyl (C=O) groups excluding carboxylic acids is 1. The molecule has 0 aliphatic rings. The van der Waals surface area contributed by atoms with E-state index in [1.165, 1.54) is 0 Å². The summed E-state index contributed by atoms with van der Waals surface area (Å²) in [6, 6.07) is -0.271. The topological polar surface area (TPSA) is 68.0 Å². The first kappa shape index (κ1) is 13.9. The lowest BCUT2D eigenvalue weighted by Crippen LogP contribution is -2.16. The van der Waals surface area contributed by atoms with Crippen LogP contribution in [0.3, 0.4) is 0 Å². The summed E-state index contributed by atoms with van der Waals surface area (Å²) in [4.78, 5) is 15.1. The van der Waals surface area contributed by atoms with Gasteiger partial charge in [0.25, 0.3) is 0 Å². The van der Waals surface area contributed by atoms with Crippen molar-refractivity contribution >= 4 is 22.4 Å². The highest BCUT2D eigenvalue weighted by Gasteiger charge is 2.28. The zero-order valence-corrected chi connectivity index (χ0v) is 9.86. The Labute approximate surface area is 100 Å². The summed E-state index contributed by atoms with van der Waals surface area (Å²) in [5, 5.41) is 4.23. The lowest BCUT2D eigenvalue weighted by Gasteiger charge is -2.05. The highest BCUT2D eigenvalue weighted by molar-refractivity contribution is 7.13. The maximum absolute atomic E-state index is 11.9. The molecule has 0 aliphatic heterocycles. The van der Waals surface area contributed by atoms with Crippen LogP contribution in [-0.2, 0) is 4.79 Å². The van der Waals surface area contributed by atoms with E-state index in [1.54, 1.807) is 12.3 Å². The SMILES string of the molecule is CC(N)c1csc(NC(=O)CCC(F)(F)F)n1. The number of aromatic nitrogens is 1. The summed E-state index contributed by atoms with van der Waals surface area (Å²) in [5.41, 5.74) is 6.15. The van der Waals surface area contributed by atoms with E-state index in [0.717, 1.165) is 11.3 Å². The maximum atomic E-state index is 11.9. The average Bonchev–Trinajstić information content (AvgIpc) is 2.62. The molecule has 8 heteroatoms. The molecule has 96 valence electrons. The van der Waals surface area contributed by atoms with Crippen LogP contribution in [0, 0.1) is 0 Å². The zero-order valence-electron chi connectivity index (χ0n) is 9.04. The number of rotatable bonds is 4. The smallest absolute Gasteiger partial charge is 0.323 e. The molecule has 0 saturated carbocycles. The largest absolute Gasteiger partial charge is 0.389 e. The van der Waals surface area contributed by atoms with Gasteiger partial charge in [-0.3, -0.25) is 4.79 Å². The van der Waals surface area contributed by atoms with Gasteiger partial charge in [-0.15, -0.1) is 11.3 Å². The molecule has 0 spiro atoms. The minimum absolute atomic E-state index is 0.268. The van der Waals surface area contributed by atoms with Crippen LogP contribution >= 0.6 is 11.3 Å². The van der Waals surface area contributed by atoms with Crippen molar-refractivity contribution in [3.63, 3.8) is 0 Å². The molecule has 0 saturated heterocycles. The Hall–Kier alpha value is -1.15. The van der Waals surface area contributed by atoms with E-state index in [0.29, 0.717) is 5.69 Å². The number of anilines is 1. The van der Waals surface area contributed by atoms with Crippen LogP contribution in [0.15, 0.2) is 5.38 Å². The molecule has 1 aromatic heterocycles. The van der Waals surface area contributed by atoms with Crippen LogP contribution in [0.5, 0.6) is 0 Å². The van der Waals surface area contributed by atoms with Gasteiger partial charge in [0.15, 0.2) is 5.13 Å². The summed E-state index contributed by atoms with van der Waals surface area (Å²) in [7, 11) is 0.